The van der Waals surface area contributed by atoms with E-state index in [-0.39, 0.29) is 5.91 Å². The molecule has 0 saturated heterocycles. The largest absolute Gasteiger partial charge is 0.397 e. The van der Waals surface area contributed by atoms with E-state index in [1.165, 1.54) is 4.90 Å². The molecular formula is C15H19N3OS. The van der Waals surface area contributed by atoms with Gasteiger partial charge in [0.05, 0.1) is 5.69 Å². The molecule has 1 aromatic carbocycles. The van der Waals surface area contributed by atoms with Crippen molar-refractivity contribution in [1.29, 1.82) is 0 Å². The standard InChI is InChI=1S/C15H19N3OS/c1-17-10-12(16)8-14(17)15(19)18(2)9-11-4-6-13(20-3)7-5-11/h4-8,10H,9,16H2,1-3H3. The molecule has 0 saturated carbocycles. The zero-order valence-corrected chi connectivity index (χ0v) is 12.8. The number of aryl methyl sites for hydroxylation is 1. The Morgan fingerprint density at radius 2 is 2.00 bits per heavy atom. The van der Waals surface area contributed by atoms with Gasteiger partial charge in [-0.15, -0.1) is 11.8 Å². The first-order valence-corrected chi connectivity index (χ1v) is 7.54. The molecule has 0 aliphatic carbocycles. The van der Waals surface area contributed by atoms with Crippen molar-refractivity contribution in [2.24, 2.45) is 7.05 Å². The van der Waals surface area contributed by atoms with E-state index in [1.54, 1.807) is 40.5 Å². The van der Waals surface area contributed by atoms with Gasteiger partial charge in [0.25, 0.3) is 5.91 Å². The Labute approximate surface area is 123 Å². The van der Waals surface area contributed by atoms with E-state index in [4.69, 9.17) is 5.73 Å². The molecule has 0 unspecified atom stereocenters. The van der Waals surface area contributed by atoms with Gasteiger partial charge in [-0.05, 0) is 30.0 Å². The lowest BCUT2D eigenvalue weighted by Crippen LogP contribution is -2.27. The molecule has 4 nitrogen and oxygen atoms in total. The van der Waals surface area contributed by atoms with E-state index in [9.17, 15) is 4.79 Å². The molecule has 0 aliphatic rings. The Morgan fingerprint density at radius 1 is 1.35 bits per heavy atom. The van der Waals surface area contributed by atoms with Crippen LogP contribution in [0.5, 0.6) is 0 Å². The molecule has 0 fully saturated rings. The zero-order chi connectivity index (χ0) is 14.7. The maximum atomic E-state index is 12.4. The van der Waals surface area contributed by atoms with Crippen LogP contribution >= 0.6 is 11.8 Å². The van der Waals surface area contributed by atoms with Gasteiger partial charge >= 0.3 is 0 Å². The molecule has 106 valence electrons. The highest BCUT2D eigenvalue weighted by Gasteiger charge is 2.15. The van der Waals surface area contributed by atoms with Crippen molar-refractivity contribution >= 4 is 23.4 Å². The number of carbonyl (C=O) groups excluding carboxylic acids is 1. The molecule has 0 spiro atoms. The number of hydrogen-bond acceptors (Lipinski definition) is 3. The van der Waals surface area contributed by atoms with E-state index < -0.39 is 0 Å². The van der Waals surface area contributed by atoms with Crippen LogP contribution in [0.4, 0.5) is 5.69 Å². The predicted octanol–water partition coefficient (Wildman–Crippen LogP) is 2.60. The Hall–Kier alpha value is -1.88. The molecule has 5 heteroatoms. The van der Waals surface area contributed by atoms with Crippen molar-refractivity contribution in [3.05, 3.63) is 47.8 Å². The van der Waals surface area contributed by atoms with Gasteiger partial charge in [0.15, 0.2) is 0 Å². The third kappa shape index (κ3) is 3.17. The van der Waals surface area contributed by atoms with Gasteiger partial charge in [0.1, 0.15) is 5.69 Å². The first-order valence-electron chi connectivity index (χ1n) is 6.31. The molecular weight excluding hydrogens is 270 g/mol. The number of nitrogens with two attached hydrogens (primary N) is 1. The number of anilines is 1. The van der Waals surface area contributed by atoms with Gasteiger partial charge in [-0.25, -0.2) is 0 Å². The summed E-state index contributed by atoms with van der Waals surface area (Å²) in [4.78, 5) is 15.3. The molecule has 2 aromatic rings. The quantitative estimate of drug-likeness (QED) is 0.880. The van der Waals surface area contributed by atoms with Crippen LogP contribution in [0.25, 0.3) is 0 Å². The molecule has 1 amide bonds. The Kier molecular flexibility index (Phi) is 4.39. The highest BCUT2D eigenvalue weighted by molar-refractivity contribution is 7.98. The lowest BCUT2D eigenvalue weighted by atomic mass is 10.2. The van der Waals surface area contributed by atoms with Crippen molar-refractivity contribution in [3.63, 3.8) is 0 Å². The van der Waals surface area contributed by atoms with Gasteiger partial charge in [-0.2, -0.15) is 0 Å². The summed E-state index contributed by atoms with van der Waals surface area (Å²) in [6, 6.07) is 9.94. The van der Waals surface area contributed by atoms with Gasteiger partial charge in [-0.1, -0.05) is 12.1 Å². The van der Waals surface area contributed by atoms with Crippen LogP contribution in [0.1, 0.15) is 16.1 Å². The predicted molar refractivity (Wildman–Crippen MR) is 83.8 cm³/mol. The average Bonchev–Trinajstić information content (AvgIpc) is 2.77. The van der Waals surface area contributed by atoms with Crippen LogP contribution < -0.4 is 5.73 Å². The Morgan fingerprint density at radius 3 is 2.50 bits per heavy atom. The number of aromatic nitrogens is 1. The van der Waals surface area contributed by atoms with Crippen molar-refractivity contribution in [1.82, 2.24) is 9.47 Å². The first kappa shape index (κ1) is 14.5. The topological polar surface area (TPSA) is 51.3 Å². The molecule has 0 bridgehead atoms. The summed E-state index contributed by atoms with van der Waals surface area (Å²) in [5.74, 6) is -0.0295. The third-order valence-corrected chi connectivity index (χ3v) is 3.91. The van der Waals surface area contributed by atoms with E-state index in [0.29, 0.717) is 17.9 Å². The molecule has 1 aromatic heterocycles. The number of hydrogen-bond donors (Lipinski definition) is 1. The summed E-state index contributed by atoms with van der Waals surface area (Å²) in [5.41, 5.74) is 8.03. The summed E-state index contributed by atoms with van der Waals surface area (Å²) in [7, 11) is 3.62. The summed E-state index contributed by atoms with van der Waals surface area (Å²) in [6.07, 6.45) is 3.79. The fourth-order valence-corrected chi connectivity index (χ4v) is 2.48. The molecule has 0 atom stereocenters. The monoisotopic (exact) mass is 289 g/mol. The van der Waals surface area contributed by atoms with Crippen LogP contribution in [0.15, 0.2) is 41.4 Å². The number of benzene rings is 1. The molecule has 0 radical (unpaired) electrons. The van der Waals surface area contributed by atoms with Crippen molar-refractivity contribution < 1.29 is 4.79 Å². The number of carbonyl (C=O) groups is 1. The molecule has 1 heterocycles. The van der Waals surface area contributed by atoms with Crippen LogP contribution in [0.2, 0.25) is 0 Å². The van der Waals surface area contributed by atoms with Crippen LogP contribution in [0.3, 0.4) is 0 Å². The van der Waals surface area contributed by atoms with Crippen molar-refractivity contribution in [2.45, 2.75) is 11.4 Å². The SMILES string of the molecule is CSc1ccc(CN(C)C(=O)c2cc(N)cn2C)cc1. The summed E-state index contributed by atoms with van der Waals surface area (Å²) in [5, 5.41) is 0. The van der Waals surface area contributed by atoms with Crippen LogP contribution in [0, 0.1) is 0 Å². The Balaban J connectivity index is 2.09. The molecule has 2 N–H and O–H groups in total. The fourth-order valence-electron chi connectivity index (χ4n) is 2.07. The molecule has 0 aliphatic heterocycles. The van der Waals surface area contributed by atoms with E-state index in [0.717, 1.165) is 5.56 Å². The maximum Gasteiger partial charge on any atom is 0.270 e. The van der Waals surface area contributed by atoms with Crippen molar-refractivity contribution in [3.8, 4) is 0 Å². The average molecular weight is 289 g/mol. The highest BCUT2D eigenvalue weighted by Crippen LogP contribution is 2.17. The van der Waals surface area contributed by atoms with Crippen LogP contribution in [-0.2, 0) is 13.6 Å². The van der Waals surface area contributed by atoms with Gasteiger partial charge < -0.3 is 15.2 Å². The van der Waals surface area contributed by atoms with E-state index in [2.05, 4.69) is 24.3 Å². The van der Waals surface area contributed by atoms with Gasteiger partial charge in [0, 0.05) is 31.7 Å². The lowest BCUT2D eigenvalue weighted by Gasteiger charge is -2.17. The molecule has 2 rings (SSSR count). The third-order valence-electron chi connectivity index (χ3n) is 3.17. The normalized spacial score (nSPS) is 10.6. The number of nitrogen functional groups attached to an aromatic ring is 1. The zero-order valence-electron chi connectivity index (χ0n) is 12.0. The summed E-state index contributed by atoms with van der Waals surface area (Å²) < 4.78 is 1.75. The number of rotatable bonds is 4. The van der Waals surface area contributed by atoms with Gasteiger partial charge in [-0.3, -0.25) is 4.79 Å². The molecule has 20 heavy (non-hydrogen) atoms. The van der Waals surface area contributed by atoms with Gasteiger partial charge in [0.2, 0.25) is 0 Å². The van der Waals surface area contributed by atoms with Crippen molar-refractivity contribution in [2.75, 3.05) is 19.0 Å². The first-order chi connectivity index (χ1) is 9.51. The van der Waals surface area contributed by atoms with E-state index in [1.807, 2.05) is 13.3 Å². The summed E-state index contributed by atoms with van der Waals surface area (Å²) >= 11 is 1.71. The fraction of sp³-hybridized carbons (Fsp3) is 0.267. The minimum atomic E-state index is -0.0295. The minimum Gasteiger partial charge on any atom is -0.397 e. The number of amides is 1. The number of thioether (sulfide) groups is 1. The second-order valence-corrected chi connectivity index (χ2v) is 5.66. The van der Waals surface area contributed by atoms with E-state index >= 15 is 0 Å². The number of nitrogens with zero attached hydrogens (tertiary/aromatic N) is 2. The second kappa shape index (κ2) is 6.05. The van der Waals surface area contributed by atoms with Crippen LogP contribution in [-0.4, -0.2) is 28.7 Å². The maximum absolute atomic E-state index is 12.4. The Bertz CT molecular complexity index is 604. The smallest absolute Gasteiger partial charge is 0.270 e. The highest BCUT2D eigenvalue weighted by atomic mass is 32.2. The lowest BCUT2D eigenvalue weighted by molar-refractivity contribution is 0.0775. The summed E-state index contributed by atoms with van der Waals surface area (Å²) in [6.45, 7) is 0.582. The minimum absolute atomic E-state index is 0.0295. The second-order valence-electron chi connectivity index (χ2n) is 4.78.